The number of methoxy groups -OCH3 is 1. The first-order chi connectivity index (χ1) is 11.4. The minimum atomic E-state index is 0.692. The second kappa shape index (κ2) is 5.73. The van der Waals surface area contributed by atoms with E-state index in [-0.39, 0.29) is 0 Å². The van der Waals surface area contributed by atoms with Crippen molar-refractivity contribution in [3.8, 4) is 16.9 Å². The van der Waals surface area contributed by atoms with Gasteiger partial charge in [0.2, 0.25) is 0 Å². The van der Waals surface area contributed by atoms with Crippen LogP contribution in [0.1, 0.15) is 16.7 Å². The SMILES string of the molecule is COc1ccc2c(c1)C(c1ccccc1)=NCc1ccccc1-2. The van der Waals surface area contributed by atoms with Crippen LogP contribution in [0.15, 0.2) is 77.8 Å². The Balaban J connectivity index is 1.99. The monoisotopic (exact) mass is 299 g/mol. The summed E-state index contributed by atoms with van der Waals surface area (Å²) >= 11 is 0. The Labute approximate surface area is 136 Å². The van der Waals surface area contributed by atoms with Gasteiger partial charge in [-0.3, -0.25) is 4.99 Å². The first-order valence-electron chi connectivity index (χ1n) is 7.73. The molecule has 0 aromatic heterocycles. The average molecular weight is 299 g/mol. The first-order valence-corrected chi connectivity index (χ1v) is 7.73. The molecule has 0 saturated carbocycles. The Morgan fingerprint density at radius 1 is 0.783 bits per heavy atom. The molecule has 1 aliphatic heterocycles. The van der Waals surface area contributed by atoms with E-state index in [0.29, 0.717) is 6.54 Å². The summed E-state index contributed by atoms with van der Waals surface area (Å²) in [5.74, 6) is 0.853. The van der Waals surface area contributed by atoms with Crippen LogP contribution >= 0.6 is 0 Å². The van der Waals surface area contributed by atoms with Gasteiger partial charge in [-0.1, -0.05) is 60.7 Å². The molecule has 0 fully saturated rings. The molecule has 3 aromatic rings. The highest BCUT2D eigenvalue weighted by atomic mass is 16.5. The predicted molar refractivity (Wildman–Crippen MR) is 94.2 cm³/mol. The van der Waals surface area contributed by atoms with E-state index in [1.54, 1.807) is 7.11 Å². The number of aliphatic imine (C=N–C) groups is 1. The van der Waals surface area contributed by atoms with Crippen LogP contribution in [-0.4, -0.2) is 12.8 Å². The topological polar surface area (TPSA) is 21.6 Å². The lowest BCUT2D eigenvalue weighted by Crippen LogP contribution is -2.04. The molecule has 0 unspecified atom stereocenters. The number of nitrogens with zero attached hydrogens (tertiary/aromatic N) is 1. The van der Waals surface area contributed by atoms with Crippen LogP contribution in [0.5, 0.6) is 5.75 Å². The van der Waals surface area contributed by atoms with Crippen molar-refractivity contribution < 1.29 is 4.74 Å². The third-order valence-electron chi connectivity index (χ3n) is 4.24. The number of benzene rings is 3. The van der Waals surface area contributed by atoms with Gasteiger partial charge in [0.15, 0.2) is 0 Å². The van der Waals surface area contributed by atoms with Gasteiger partial charge in [-0.05, 0) is 28.8 Å². The van der Waals surface area contributed by atoms with Gasteiger partial charge < -0.3 is 4.74 Å². The first kappa shape index (κ1) is 13.8. The van der Waals surface area contributed by atoms with Gasteiger partial charge in [-0.25, -0.2) is 0 Å². The molecule has 0 atom stereocenters. The second-order valence-corrected chi connectivity index (χ2v) is 5.60. The summed E-state index contributed by atoms with van der Waals surface area (Å²) in [6.07, 6.45) is 0. The quantitative estimate of drug-likeness (QED) is 0.671. The summed E-state index contributed by atoms with van der Waals surface area (Å²) in [5, 5.41) is 0. The molecule has 4 rings (SSSR count). The minimum absolute atomic E-state index is 0.692. The van der Waals surface area contributed by atoms with Crippen LogP contribution in [0.3, 0.4) is 0 Å². The van der Waals surface area contributed by atoms with Crippen molar-refractivity contribution in [1.82, 2.24) is 0 Å². The normalized spacial score (nSPS) is 12.7. The van der Waals surface area contributed by atoms with Crippen molar-refractivity contribution in [2.45, 2.75) is 6.54 Å². The zero-order valence-corrected chi connectivity index (χ0v) is 13.0. The maximum Gasteiger partial charge on any atom is 0.119 e. The van der Waals surface area contributed by atoms with Crippen LogP contribution in [0.2, 0.25) is 0 Å². The fourth-order valence-electron chi connectivity index (χ4n) is 3.09. The van der Waals surface area contributed by atoms with E-state index in [1.165, 1.54) is 16.7 Å². The van der Waals surface area contributed by atoms with Gasteiger partial charge in [-0.2, -0.15) is 0 Å². The zero-order valence-electron chi connectivity index (χ0n) is 13.0. The van der Waals surface area contributed by atoms with Crippen molar-refractivity contribution >= 4 is 5.71 Å². The summed E-state index contributed by atoms with van der Waals surface area (Å²) < 4.78 is 5.44. The molecule has 0 saturated heterocycles. The van der Waals surface area contributed by atoms with Crippen LogP contribution in [0.25, 0.3) is 11.1 Å². The van der Waals surface area contributed by atoms with Gasteiger partial charge in [-0.15, -0.1) is 0 Å². The lowest BCUT2D eigenvalue weighted by atomic mass is 9.92. The Kier molecular flexibility index (Phi) is 3.43. The average Bonchev–Trinajstić information content (AvgIpc) is 2.79. The van der Waals surface area contributed by atoms with Gasteiger partial charge in [0, 0.05) is 11.1 Å². The van der Waals surface area contributed by atoms with Crippen LogP contribution in [0.4, 0.5) is 0 Å². The molecule has 23 heavy (non-hydrogen) atoms. The van der Waals surface area contributed by atoms with E-state index >= 15 is 0 Å². The Morgan fingerprint density at radius 3 is 2.39 bits per heavy atom. The second-order valence-electron chi connectivity index (χ2n) is 5.60. The van der Waals surface area contributed by atoms with Crippen LogP contribution in [0, 0.1) is 0 Å². The highest BCUT2D eigenvalue weighted by Gasteiger charge is 2.19. The maximum atomic E-state index is 5.44. The number of hydrogen-bond acceptors (Lipinski definition) is 2. The van der Waals surface area contributed by atoms with Crippen LogP contribution in [-0.2, 0) is 6.54 Å². The van der Waals surface area contributed by atoms with Gasteiger partial charge in [0.05, 0.1) is 19.4 Å². The van der Waals surface area contributed by atoms with E-state index in [1.807, 2.05) is 12.1 Å². The molecule has 0 spiro atoms. The van der Waals surface area contributed by atoms with Gasteiger partial charge in [0.1, 0.15) is 5.75 Å². The van der Waals surface area contributed by atoms with E-state index < -0.39 is 0 Å². The van der Waals surface area contributed by atoms with E-state index in [0.717, 1.165) is 22.6 Å². The Bertz CT molecular complexity index is 881. The summed E-state index contributed by atoms with van der Waals surface area (Å²) in [6.45, 7) is 0.692. The zero-order chi connectivity index (χ0) is 15.6. The standard InChI is InChI=1S/C21H17NO/c1-23-17-11-12-19-18-10-6-5-9-16(18)14-22-21(20(19)13-17)15-7-3-2-4-8-15/h2-13H,14H2,1H3. The molecule has 2 heteroatoms. The van der Waals surface area contributed by atoms with Crippen molar-refractivity contribution in [3.05, 3.63) is 89.5 Å². The number of hydrogen-bond donors (Lipinski definition) is 0. The van der Waals surface area contributed by atoms with Crippen LogP contribution < -0.4 is 4.74 Å². The summed E-state index contributed by atoms with van der Waals surface area (Å²) in [5.41, 5.74) is 7.00. The third-order valence-corrected chi connectivity index (χ3v) is 4.24. The largest absolute Gasteiger partial charge is 0.497 e. The molecular weight excluding hydrogens is 282 g/mol. The molecule has 112 valence electrons. The van der Waals surface area contributed by atoms with Gasteiger partial charge >= 0.3 is 0 Å². The van der Waals surface area contributed by atoms with Crippen molar-refractivity contribution in [2.75, 3.05) is 7.11 Å². The smallest absolute Gasteiger partial charge is 0.119 e. The Hall–Kier alpha value is -2.87. The fraction of sp³-hybridized carbons (Fsp3) is 0.0952. The molecule has 1 aliphatic rings. The summed E-state index contributed by atoms with van der Waals surface area (Å²) in [7, 11) is 1.70. The fourth-order valence-corrected chi connectivity index (χ4v) is 3.09. The molecule has 0 N–H and O–H groups in total. The highest BCUT2D eigenvalue weighted by molar-refractivity contribution is 6.17. The van der Waals surface area contributed by atoms with E-state index in [4.69, 9.17) is 9.73 Å². The highest BCUT2D eigenvalue weighted by Crippen LogP contribution is 2.34. The summed E-state index contributed by atoms with van der Waals surface area (Å²) in [6, 6.07) is 25.1. The van der Waals surface area contributed by atoms with Crippen molar-refractivity contribution in [1.29, 1.82) is 0 Å². The molecule has 0 amide bonds. The van der Waals surface area contributed by atoms with Gasteiger partial charge in [0.25, 0.3) is 0 Å². The number of fused-ring (bicyclic) bond motifs is 3. The predicted octanol–water partition coefficient (Wildman–Crippen LogP) is 4.71. The van der Waals surface area contributed by atoms with E-state index in [2.05, 4.69) is 60.7 Å². The molecule has 1 heterocycles. The number of rotatable bonds is 2. The molecule has 0 radical (unpaired) electrons. The molecule has 2 nitrogen and oxygen atoms in total. The van der Waals surface area contributed by atoms with E-state index in [9.17, 15) is 0 Å². The van der Waals surface area contributed by atoms with Crippen molar-refractivity contribution in [3.63, 3.8) is 0 Å². The molecule has 0 bridgehead atoms. The Morgan fingerprint density at radius 2 is 1.57 bits per heavy atom. The maximum absolute atomic E-state index is 5.44. The third kappa shape index (κ3) is 2.42. The minimum Gasteiger partial charge on any atom is -0.497 e. The lowest BCUT2D eigenvalue weighted by Gasteiger charge is -2.13. The molecule has 0 aliphatic carbocycles. The summed E-state index contributed by atoms with van der Waals surface area (Å²) in [4.78, 5) is 4.91. The van der Waals surface area contributed by atoms with Crippen molar-refractivity contribution in [2.24, 2.45) is 4.99 Å². The lowest BCUT2D eigenvalue weighted by molar-refractivity contribution is 0.415. The number of ether oxygens (including phenoxy) is 1. The molecular formula is C21H17NO. The molecule has 3 aromatic carbocycles.